The van der Waals surface area contributed by atoms with Crippen molar-refractivity contribution in [2.45, 2.75) is 34.1 Å². The van der Waals surface area contributed by atoms with Crippen LogP contribution in [-0.2, 0) is 0 Å². The third kappa shape index (κ3) is 4.77. The summed E-state index contributed by atoms with van der Waals surface area (Å²) >= 11 is 0. The Morgan fingerprint density at radius 2 is 1.87 bits per heavy atom. The van der Waals surface area contributed by atoms with Crippen LogP contribution in [0, 0.1) is 19.8 Å². The van der Waals surface area contributed by atoms with Crippen LogP contribution < -0.4 is 10.6 Å². The number of aryl methyl sites for hydroxylation is 2. The number of hydrogen-bond acceptors (Lipinski definition) is 4. The van der Waals surface area contributed by atoms with Crippen LogP contribution in [0.15, 0.2) is 30.5 Å². The summed E-state index contributed by atoms with van der Waals surface area (Å²) in [4.78, 5) is 20.9. The fourth-order valence-corrected chi connectivity index (χ4v) is 2.23. The molecular formula is C18H24N4O. The predicted octanol–water partition coefficient (Wildman–Crippen LogP) is 3.80. The highest BCUT2D eigenvalue weighted by Gasteiger charge is 2.12. The maximum atomic E-state index is 12.4. The van der Waals surface area contributed by atoms with Crippen molar-refractivity contribution in [3.63, 3.8) is 0 Å². The van der Waals surface area contributed by atoms with E-state index in [9.17, 15) is 4.79 Å². The van der Waals surface area contributed by atoms with Gasteiger partial charge >= 0.3 is 0 Å². The Morgan fingerprint density at radius 1 is 1.17 bits per heavy atom. The van der Waals surface area contributed by atoms with E-state index in [1.54, 1.807) is 12.3 Å². The molecule has 0 spiro atoms. The van der Waals surface area contributed by atoms with Crippen LogP contribution in [0.2, 0.25) is 0 Å². The molecule has 5 nitrogen and oxygen atoms in total. The van der Waals surface area contributed by atoms with E-state index in [2.05, 4.69) is 34.4 Å². The van der Waals surface area contributed by atoms with Crippen molar-refractivity contribution in [1.82, 2.24) is 9.97 Å². The lowest BCUT2D eigenvalue weighted by atomic mass is 10.1. The van der Waals surface area contributed by atoms with Gasteiger partial charge in [-0.15, -0.1) is 0 Å². The molecule has 0 bridgehead atoms. The smallest absolute Gasteiger partial charge is 0.274 e. The number of carbonyl (C=O) groups is 1. The molecule has 2 aromatic rings. The summed E-state index contributed by atoms with van der Waals surface area (Å²) in [6, 6.07) is 7.54. The van der Waals surface area contributed by atoms with Crippen LogP contribution in [0.5, 0.6) is 0 Å². The Kier molecular flexibility index (Phi) is 5.68. The number of amides is 1. The van der Waals surface area contributed by atoms with Crippen LogP contribution in [0.25, 0.3) is 0 Å². The summed E-state index contributed by atoms with van der Waals surface area (Å²) < 4.78 is 0. The third-order valence-electron chi connectivity index (χ3n) is 3.61. The molecule has 0 radical (unpaired) electrons. The SMILES string of the molecule is Cc1cccc(C)c1NC(=O)c1ccnc(NCCC(C)C)n1. The summed E-state index contributed by atoms with van der Waals surface area (Å²) in [6.07, 6.45) is 2.63. The molecule has 23 heavy (non-hydrogen) atoms. The molecule has 122 valence electrons. The molecule has 0 fully saturated rings. The fraction of sp³-hybridized carbons (Fsp3) is 0.389. The van der Waals surface area contributed by atoms with Crippen molar-refractivity contribution in [1.29, 1.82) is 0 Å². The molecule has 0 aliphatic carbocycles. The van der Waals surface area contributed by atoms with Gasteiger partial charge < -0.3 is 10.6 Å². The van der Waals surface area contributed by atoms with Crippen LogP contribution in [0.3, 0.4) is 0 Å². The molecule has 0 atom stereocenters. The highest BCUT2D eigenvalue weighted by atomic mass is 16.1. The van der Waals surface area contributed by atoms with Gasteiger partial charge in [0.2, 0.25) is 5.95 Å². The molecule has 0 saturated carbocycles. The zero-order valence-electron chi connectivity index (χ0n) is 14.2. The maximum absolute atomic E-state index is 12.4. The van der Waals surface area contributed by atoms with Crippen LogP contribution >= 0.6 is 0 Å². The van der Waals surface area contributed by atoms with Gasteiger partial charge in [0, 0.05) is 18.4 Å². The number of carbonyl (C=O) groups excluding carboxylic acids is 1. The second kappa shape index (κ2) is 7.72. The summed E-state index contributed by atoms with van der Waals surface area (Å²) in [5, 5.41) is 6.09. The van der Waals surface area contributed by atoms with Gasteiger partial charge in [0.15, 0.2) is 0 Å². The summed E-state index contributed by atoms with van der Waals surface area (Å²) in [6.45, 7) is 9.07. The molecule has 5 heteroatoms. The van der Waals surface area contributed by atoms with Gasteiger partial charge in [0.25, 0.3) is 5.91 Å². The average molecular weight is 312 g/mol. The van der Waals surface area contributed by atoms with Crippen LogP contribution in [-0.4, -0.2) is 22.4 Å². The second-order valence-corrected chi connectivity index (χ2v) is 6.10. The van der Waals surface area contributed by atoms with E-state index in [1.165, 1.54) is 0 Å². The number of rotatable bonds is 6. The minimum absolute atomic E-state index is 0.225. The highest BCUT2D eigenvalue weighted by molar-refractivity contribution is 6.03. The summed E-state index contributed by atoms with van der Waals surface area (Å²) in [5.41, 5.74) is 3.26. The van der Waals surface area contributed by atoms with Crippen molar-refractivity contribution in [3.05, 3.63) is 47.3 Å². The fourth-order valence-electron chi connectivity index (χ4n) is 2.23. The quantitative estimate of drug-likeness (QED) is 0.851. The first-order chi connectivity index (χ1) is 11.0. The largest absolute Gasteiger partial charge is 0.354 e. The van der Waals surface area contributed by atoms with Gasteiger partial charge in [0.05, 0.1) is 0 Å². The van der Waals surface area contributed by atoms with Gasteiger partial charge in [-0.25, -0.2) is 9.97 Å². The van der Waals surface area contributed by atoms with E-state index in [-0.39, 0.29) is 5.91 Å². The lowest BCUT2D eigenvalue weighted by molar-refractivity contribution is 0.102. The molecule has 0 aliphatic rings. The first-order valence-electron chi connectivity index (χ1n) is 7.92. The molecule has 2 rings (SSSR count). The van der Waals surface area contributed by atoms with E-state index in [4.69, 9.17) is 0 Å². The number of hydrogen-bond donors (Lipinski definition) is 2. The number of nitrogens with zero attached hydrogens (tertiary/aromatic N) is 2. The molecule has 0 aliphatic heterocycles. The first kappa shape index (κ1) is 16.9. The molecule has 0 unspecified atom stereocenters. The van der Waals surface area contributed by atoms with E-state index >= 15 is 0 Å². The average Bonchev–Trinajstić information content (AvgIpc) is 2.51. The maximum Gasteiger partial charge on any atom is 0.274 e. The molecule has 1 amide bonds. The van der Waals surface area contributed by atoms with Crippen molar-refractivity contribution < 1.29 is 4.79 Å². The third-order valence-corrected chi connectivity index (χ3v) is 3.61. The van der Waals surface area contributed by atoms with E-state index < -0.39 is 0 Å². The number of para-hydroxylation sites is 1. The lowest BCUT2D eigenvalue weighted by Gasteiger charge is -2.12. The minimum Gasteiger partial charge on any atom is -0.354 e. The first-order valence-corrected chi connectivity index (χ1v) is 7.92. The topological polar surface area (TPSA) is 66.9 Å². The minimum atomic E-state index is -0.225. The Balaban J connectivity index is 2.08. The molecule has 1 heterocycles. The normalized spacial score (nSPS) is 10.7. The Morgan fingerprint density at radius 3 is 2.52 bits per heavy atom. The predicted molar refractivity (Wildman–Crippen MR) is 93.8 cm³/mol. The zero-order valence-corrected chi connectivity index (χ0v) is 14.2. The monoisotopic (exact) mass is 312 g/mol. The second-order valence-electron chi connectivity index (χ2n) is 6.10. The van der Waals surface area contributed by atoms with Crippen molar-refractivity contribution in [2.24, 2.45) is 5.92 Å². The van der Waals surface area contributed by atoms with Gasteiger partial charge in [-0.05, 0) is 43.4 Å². The lowest BCUT2D eigenvalue weighted by Crippen LogP contribution is -2.17. The number of anilines is 2. The summed E-state index contributed by atoms with van der Waals surface area (Å²) in [7, 11) is 0. The van der Waals surface area contributed by atoms with E-state index in [0.717, 1.165) is 29.8 Å². The van der Waals surface area contributed by atoms with Gasteiger partial charge in [-0.2, -0.15) is 0 Å². The number of benzene rings is 1. The number of aromatic nitrogens is 2. The molecule has 0 saturated heterocycles. The zero-order chi connectivity index (χ0) is 16.8. The van der Waals surface area contributed by atoms with Crippen molar-refractivity contribution in [2.75, 3.05) is 17.2 Å². The Hall–Kier alpha value is -2.43. The van der Waals surface area contributed by atoms with Gasteiger partial charge in [-0.3, -0.25) is 4.79 Å². The Bertz CT molecular complexity index is 662. The Labute approximate surface area is 137 Å². The molecular weight excluding hydrogens is 288 g/mol. The molecule has 2 N–H and O–H groups in total. The molecule has 1 aromatic carbocycles. The number of nitrogens with one attached hydrogen (secondary N) is 2. The molecule has 1 aromatic heterocycles. The van der Waals surface area contributed by atoms with Crippen molar-refractivity contribution in [3.8, 4) is 0 Å². The van der Waals surface area contributed by atoms with Crippen LogP contribution in [0.1, 0.15) is 41.9 Å². The van der Waals surface area contributed by atoms with E-state index in [0.29, 0.717) is 17.6 Å². The highest BCUT2D eigenvalue weighted by Crippen LogP contribution is 2.20. The van der Waals surface area contributed by atoms with E-state index in [1.807, 2.05) is 32.0 Å². The van der Waals surface area contributed by atoms with Gasteiger partial charge in [0.1, 0.15) is 5.69 Å². The van der Waals surface area contributed by atoms with Crippen LogP contribution in [0.4, 0.5) is 11.6 Å². The summed E-state index contributed by atoms with van der Waals surface area (Å²) in [5.74, 6) is 0.870. The van der Waals surface area contributed by atoms with Gasteiger partial charge in [-0.1, -0.05) is 32.0 Å². The van der Waals surface area contributed by atoms with Crippen molar-refractivity contribution >= 4 is 17.5 Å². The standard InChI is InChI=1S/C18H24N4O/c1-12(2)8-10-19-18-20-11-9-15(21-18)17(23)22-16-13(3)6-5-7-14(16)4/h5-7,9,11-12H,8,10H2,1-4H3,(H,22,23)(H,19,20,21).